The van der Waals surface area contributed by atoms with Crippen LogP contribution in [0.4, 0.5) is 0 Å². The molecule has 1 aliphatic heterocycles. The van der Waals surface area contributed by atoms with Gasteiger partial charge in [-0.05, 0) is 56.9 Å². The lowest BCUT2D eigenvalue weighted by molar-refractivity contribution is -0.106. The van der Waals surface area contributed by atoms with Crippen LogP contribution in [0, 0.1) is 6.92 Å². The Morgan fingerprint density at radius 3 is 2.48 bits per heavy atom. The molecule has 6 heteroatoms. The highest BCUT2D eigenvalue weighted by molar-refractivity contribution is 6.13. The van der Waals surface area contributed by atoms with Gasteiger partial charge in [-0.3, -0.25) is 14.7 Å². The molecule has 1 heterocycles. The highest BCUT2D eigenvalue weighted by Crippen LogP contribution is 2.22. The molecule has 1 saturated heterocycles. The number of aryl methyl sites for hydroxylation is 1. The molecule has 0 radical (unpaired) electrons. The van der Waals surface area contributed by atoms with Gasteiger partial charge in [-0.15, -0.1) is 6.58 Å². The van der Waals surface area contributed by atoms with Crippen molar-refractivity contribution < 1.29 is 14.3 Å². The van der Waals surface area contributed by atoms with Crippen LogP contribution in [0.3, 0.4) is 0 Å². The van der Waals surface area contributed by atoms with Crippen molar-refractivity contribution in [1.29, 1.82) is 0 Å². The van der Waals surface area contributed by atoms with Gasteiger partial charge in [0.15, 0.2) is 0 Å². The number of rotatable bonds is 9. The number of hydrogen-bond acceptors (Lipinski definition) is 5. The molecule has 1 amide bonds. The minimum Gasteiger partial charge on any atom is -0.492 e. The molecule has 2 rings (SSSR count). The van der Waals surface area contributed by atoms with E-state index < -0.39 is 0 Å². The Bertz CT molecular complexity index is 758. The number of primary amides is 1. The lowest BCUT2D eigenvalue weighted by Crippen LogP contribution is -2.38. The van der Waals surface area contributed by atoms with Crippen LogP contribution in [0.25, 0.3) is 0 Å². The predicted molar refractivity (Wildman–Crippen MR) is 140 cm³/mol. The average molecular weight is 458 g/mol. The molecule has 1 aromatic rings. The van der Waals surface area contributed by atoms with Gasteiger partial charge in [-0.1, -0.05) is 37.3 Å². The normalized spacial score (nSPS) is 14.6. The van der Waals surface area contributed by atoms with Gasteiger partial charge in [0.25, 0.3) is 0 Å². The fourth-order valence-corrected chi connectivity index (χ4v) is 3.26. The molecule has 184 valence electrons. The smallest absolute Gasteiger partial charge is 0.204 e. The third-order valence-corrected chi connectivity index (χ3v) is 4.89. The van der Waals surface area contributed by atoms with Crippen LogP contribution in [0.1, 0.15) is 44.7 Å². The van der Waals surface area contributed by atoms with E-state index in [1.165, 1.54) is 11.1 Å². The fourth-order valence-electron chi connectivity index (χ4n) is 3.26. The summed E-state index contributed by atoms with van der Waals surface area (Å²) in [5.74, 6) is 0.911. The Hall–Kier alpha value is -2.70. The number of nitrogens with two attached hydrogens (primary N) is 1. The number of aliphatic imine (C=N–C) groups is 1. The SMILES string of the molecule is C/C=C\C/C=C(\CC)C(=NC)c1cc(OCCN2CCOCC2)ccc1C.C=CC.NC=O. The summed E-state index contributed by atoms with van der Waals surface area (Å²) in [7, 11) is 1.87. The summed E-state index contributed by atoms with van der Waals surface area (Å²) in [5, 5.41) is 0. The summed E-state index contributed by atoms with van der Waals surface area (Å²) in [5.41, 5.74) is 8.90. The first-order valence-corrected chi connectivity index (χ1v) is 11.6. The van der Waals surface area contributed by atoms with Gasteiger partial charge in [0.05, 0.1) is 18.9 Å². The van der Waals surface area contributed by atoms with Crippen LogP contribution in [-0.2, 0) is 9.53 Å². The molecule has 0 unspecified atom stereocenters. The second-order valence-corrected chi connectivity index (χ2v) is 7.28. The van der Waals surface area contributed by atoms with Crippen molar-refractivity contribution in [3.05, 3.63) is 65.8 Å². The number of nitrogens with zero attached hydrogens (tertiary/aromatic N) is 2. The largest absolute Gasteiger partial charge is 0.492 e. The molecule has 6 nitrogen and oxygen atoms in total. The zero-order chi connectivity index (χ0) is 24.9. The van der Waals surface area contributed by atoms with Crippen LogP contribution in [0.15, 0.2) is 59.6 Å². The van der Waals surface area contributed by atoms with Crippen LogP contribution < -0.4 is 10.5 Å². The van der Waals surface area contributed by atoms with E-state index in [0.717, 1.165) is 62.7 Å². The number of hydrogen-bond donors (Lipinski definition) is 1. The molecule has 1 aromatic carbocycles. The maximum atomic E-state index is 8.58. The Labute approximate surface area is 200 Å². The molecular weight excluding hydrogens is 414 g/mol. The summed E-state index contributed by atoms with van der Waals surface area (Å²) >= 11 is 0. The molecule has 0 aliphatic carbocycles. The van der Waals surface area contributed by atoms with E-state index in [9.17, 15) is 0 Å². The van der Waals surface area contributed by atoms with Crippen molar-refractivity contribution in [2.45, 2.75) is 40.5 Å². The molecule has 33 heavy (non-hydrogen) atoms. The van der Waals surface area contributed by atoms with E-state index in [-0.39, 0.29) is 6.41 Å². The lowest BCUT2D eigenvalue weighted by Gasteiger charge is -2.26. The van der Waals surface area contributed by atoms with Crippen molar-refractivity contribution in [3.63, 3.8) is 0 Å². The Kier molecular flexibility index (Phi) is 18.3. The summed E-state index contributed by atoms with van der Waals surface area (Å²) < 4.78 is 11.4. The van der Waals surface area contributed by atoms with Gasteiger partial charge < -0.3 is 15.2 Å². The first kappa shape index (κ1) is 30.3. The first-order chi connectivity index (χ1) is 16.0. The minimum atomic E-state index is 0.250. The van der Waals surface area contributed by atoms with Gasteiger partial charge in [0.2, 0.25) is 6.41 Å². The highest BCUT2D eigenvalue weighted by Gasteiger charge is 2.13. The van der Waals surface area contributed by atoms with Crippen LogP contribution >= 0.6 is 0 Å². The van der Waals surface area contributed by atoms with E-state index in [4.69, 9.17) is 14.3 Å². The third-order valence-electron chi connectivity index (χ3n) is 4.89. The summed E-state index contributed by atoms with van der Waals surface area (Å²) in [4.78, 5) is 15.6. The number of carbonyl (C=O) groups is 1. The quantitative estimate of drug-likeness (QED) is 0.331. The Morgan fingerprint density at radius 1 is 1.30 bits per heavy atom. The maximum absolute atomic E-state index is 8.58. The molecule has 2 N–H and O–H groups in total. The lowest BCUT2D eigenvalue weighted by atomic mass is 9.95. The summed E-state index contributed by atoms with van der Waals surface area (Å²) in [6, 6.07) is 6.32. The zero-order valence-electron chi connectivity index (χ0n) is 21.2. The number of benzene rings is 1. The molecule has 0 saturated carbocycles. The van der Waals surface area contributed by atoms with Crippen LogP contribution in [0.2, 0.25) is 0 Å². The molecule has 0 spiro atoms. The Morgan fingerprint density at radius 2 is 1.94 bits per heavy atom. The van der Waals surface area contributed by atoms with Crippen molar-refractivity contribution in [3.8, 4) is 5.75 Å². The summed E-state index contributed by atoms with van der Waals surface area (Å²) in [6.45, 7) is 16.9. The van der Waals surface area contributed by atoms with Crippen molar-refractivity contribution >= 4 is 12.1 Å². The van der Waals surface area contributed by atoms with E-state index in [2.05, 4.69) is 79.4 Å². The second-order valence-electron chi connectivity index (χ2n) is 7.28. The van der Waals surface area contributed by atoms with Crippen molar-refractivity contribution in [2.75, 3.05) is 46.5 Å². The zero-order valence-corrected chi connectivity index (χ0v) is 21.2. The van der Waals surface area contributed by atoms with Crippen LogP contribution in [-0.4, -0.2) is 63.5 Å². The molecule has 0 aromatic heterocycles. The van der Waals surface area contributed by atoms with Gasteiger partial charge in [-0.2, -0.15) is 0 Å². The molecule has 0 bridgehead atoms. The van der Waals surface area contributed by atoms with Crippen molar-refractivity contribution in [2.24, 2.45) is 10.7 Å². The first-order valence-electron chi connectivity index (χ1n) is 11.6. The van der Waals surface area contributed by atoms with Gasteiger partial charge in [-0.25, -0.2) is 0 Å². The van der Waals surface area contributed by atoms with Crippen molar-refractivity contribution in [1.82, 2.24) is 4.90 Å². The van der Waals surface area contributed by atoms with E-state index in [1.54, 1.807) is 6.08 Å². The number of carbonyl (C=O) groups excluding carboxylic acids is 1. The molecule has 1 aliphatic rings. The Balaban J connectivity index is 0.00000154. The summed E-state index contributed by atoms with van der Waals surface area (Å²) in [6.07, 6.45) is 10.4. The molecule has 1 fully saturated rings. The minimum absolute atomic E-state index is 0.250. The van der Waals surface area contributed by atoms with E-state index in [0.29, 0.717) is 6.61 Å². The van der Waals surface area contributed by atoms with Gasteiger partial charge >= 0.3 is 0 Å². The second kappa shape index (κ2) is 19.9. The number of morpholine rings is 1. The third kappa shape index (κ3) is 12.8. The standard InChI is InChI=1S/C23H34N2O2.C3H6.CH3NO/c1-5-7-8-9-20(6-2)23(24-4)22-18-21(11-10-19(22)3)27-17-14-25-12-15-26-16-13-25;1-3-2;2-1-3/h5,7,9-11,18H,6,8,12-17H2,1-4H3;3H,1H2,2H3;1H,(H2,2,3)/b7-5-,20-9+,24-23?;;. The number of ether oxygens (including phenoxy) is 2. The highest BCUT2D eigenvalue weighted by atomic mass is 16.5. The molecular formula is C27H43N3O3. The van der Waals surface area contributed by atoms with Crippen LogP contribution in [0.5, 0.6) is 5.75 Å². The maximum Gasteiger partial charge on any atom is 0.204 e. The topological polar surface area (TPSA) is 77.2 Å². The van der Waals surface area contributed by atoms with Gasteiger partial charge in [0, 0.05) is 32.2 Å². The number of amides is 1. The van der Waals surface area contributed by atoms with E-state index in [1.807, 2.05) is 14.0 Å². The van der Waals surface area contributed by atoms with Gasteiger partial charge in [0.1, 0.15) is 12.4 Å². The monoisotopic (exact) mass is 457 g/mol. The van der Waals surface area contributed by atoms with E-state index >= 15 is 0 Å². The predicted octanol–water partition coefficient (Wildman–Crippen LogP) is 4.72. The fraction of sp³-hybridized carbons (Fsp3) is 0.481. The molecule has 0 atom stereocenters. The number of allylic oxidation sites excluding steroid dienone is 5. The average Bonchev–Trinajstić information content (AvgIpc) is 2.82.